The lowest BCUT2D eigenvalue weighted by Gasteiger charge is -2.63. The molecule has 19 nitrogen and oxygen atoms in total. The molecule has 3 saturated heterocycles. The van der Waals surface area contributed by atoms with Gasteiger partial charge >= 0.3 is 31.6 Å². The number of allylic oxidation sites excluding steroid dienone is 1. The maximum Gasteiger partial charge on any atom is 0.407 e. The molecule has 5 aliphatic heterocycles. The number of amides is 1. The van der Waals surface area contributed by atoms with Gasteiger partial charge in [0, 0.05) is 97.6 Å². The molecule has 418 valence electrons. The fraction of sp³-hybridized carbons (Fsp3) is 0.673. The molecule has 4 fully saturated rings. The number of thioether (sulfide) groups is 1. The van der Waals surface area contributed by atoms with Crippen molar-refractivity contribution < 1.29 is 66.7 Å². The first-order chi connectivity index (χ1) is 36.4. The molecule has 4 N–H and O–H groups in total. The fourth-order valence-corrected chi connectivity index (χ4v) is 17.5. The van der Waals surface area contributed by atoms with Gasteiger partial charge < -0.3 is 58.1 Å². The number of carbonyl (C=O) groups excluding carboxylic acids is 4. The molecule has 1 spiro atoms. The molecule has 7 aliphatic rings. The molecule has 1 amide bonds. The molecule has 3 unspecified atom stereocenters. The van der Waals surface area contributed by atoms with Crippen molar-refractivity contribution in [3.63, 3.8) is 0 Å². The van der Waals surface area contributed by atoms with Crippen molar-refractivity contribution >= 4 is 54.3 Å². The summed E-state index contributed by atoms with van der Waals surface area (Å²) in [6.45, 7) is 12.1. The van der Waals surface area contributed by atoms with Gasteiger partial charge in [-0.05, 0) is 88.1 Å². The largest absolute Gasteiger partial charge is 0.468 e. The Morgan fingerprint density at radius 1 is 0.947 bits per heavy atom. The van der Waals surface area contributed by atoms with Crippen LogP contribution in [0.2, 0.25) is 0 Å². The minimum absolute atomic E-state index is 0.00681. The van der Waals surface area contributed by atoms with E-state index in [1.165, 1.54) is 32.9 Å². The highest BCUT2D eigenvalue weighted by molar-refractivity contribution is 7.99. The summed E-state index contributed by atoms with van der Waals surface area (Å²) in [6.07, 6.45) is 8.20. The van der Waals surface area contributed by atoms with Gasteiger partial charge in [0.2, 0.25) is 5.60 Å². The lowest BCUT2D eigenvalue weighted by atomic mass is 9.47. The van der Waals surface area contributed by atoms with E-state index in [9.17, 15) is 29.2 Å². The summed E-state index contributed by atoms with van der Waals surface area (Å²) in [5.74, 6) is -2.46. The normalized spacial score (nSPS) is 34.6. The molecule has 1 aromatic heterocycles. The smallest absolute Gasteiger partial charge is 0.407 e. The van der Waals surface area contributed by atoms with Crippen molar-refractivity contribution in [2.75, 3.05) is 98.2 Å². The number of benzene rings is 1. The zero-order chi connectivity index (χ0) is 54.4. The number of nitrogens with zero attached hydrogens (tertiary/aromatic N) is 3. The summed E-state index contributed by atoms with van der Waals surface area (Å²) in [6, 6.07) is 6.59. The minimum atomic E-state index is -3.39. The van der Waals surface area contributed by atoms with Gasteiger partial charge in [0.25, 0.3) is 0 Å². The highest BCUT2D eigenvalue weighted by atomic mass is 32.2. The number of carbonyl (C=O) groups is 4. The van der Waals surface area contributed by atoms with Gasteiger partial charge in [0.05, 0.1) is 57.2 Å². The number of para-hydroxylation sites is 1. The number of aromatic amines is 1. The first kappa shape index (κ1) is 56.5. The number of rotatable bonds is 19. The third-order valence-corrected chi connectivity index (χ3v) is 20.9. The molecule has 0 radical (unpaired) electrons. The van der Waals surface area contributed by atoms with Gasteiger partial charge in [-0.25, -0.2) is 9.59 Å². The maximum absolute atomic E-state index is 15.7. The number of aromatic nitrogens is 1. The van der Waals surface area contributed by atoms with E-state index in [4.69, 9.17) is 32.7 Å². The number of hydrogen-bond acceptors (Lipinski definition) is 18. The highest BCUT2D eigenvalue weighted by Gasteiger charge is 2.81. The Morgan fingerprint density at radius 2 is 1.70 bits per heavy atom. The molecule has 6 heterocycles. The number of nitrogens with one attached hydrogen (secondary N) is 2. The maximum atomic E-state index is 15.7. The number of H-pyrrole nitrogens is 1. The van der Waals surface area contributed by atoms with Crippen LogP contribution >= 0.6 is 19.4 Å². The molecule has 9 rings (SSSR count). The molecule has 2 aliphatic carbocycles. The third-order valence-electron chi connectivity index (χ3n) is 17.9. The number of fused-ring (bicyclic) bond motifs is 6. The summed E-state index contributed by atoms with van der Waals surface area (Å²) in [5, 5.41) is 29.7. The van der Waals surface area contributed by atoms with E-state index in [1.54, 1.807) is 21.0 Å². The van der Waals surface area contributed by atoms with Crippen LogP contribution in [0, 0.1) is 22.7 Å². The van der Waals surface area contributed by atoms with Crippen molar-refractivity contribution in [1.29, 1.82) is 0 Å². The number of aliphatic hydroxyl groups is 2. The average molecular weight is 1100 g/mol. The van der Waals surface area contributed by atoms with E-state index in [0.717, 1.165) is 27.7 Å². The van der Waals surface area contributed by atoms with Crippen LogP contribution in [-0.4, -0.2) is 188 Å². The van der Waals surface area contributed by atoms with E-state index < -0.39 is 89.3 Å². The molecular weight excluding hydrogens is 1020 g/mol. The quantitative estimate of drug-likeness (QED) is 0.0436. The van der Waals surface area contributed by atoms with E-state index >= 15 is 4.79 Å². The molecule has 1 aromatic carbocycles. The van der Waals surface area contributed by atoms with Crippen LogP contribution in [-0.2, 0) is 63.5 Å². The lowest BCUT2D eigenvalue weighted by Crippen LogP contribution is -2.80. The monoisotopic (exact) mass is 1100 g/mol. The molecule has 76 heavy (non-hydrogen) atoms. The van der Waals surface area contributed by atoms with Gasteiger partial charge in [-0.2, -0.15) is 0 Å². The summed E-state index contributed by atoms with van der Waals surface area (Å²) >= 11 is 1.42. The molecule has 12 atom stereocenters. The number of alkyl carbamates (subject to hydrolysis) is 1. The average Bonchev–Trinajstić information content (AvgIpc) is 4.28. The van der Waals surface area contributed by atoms with E-state index in [1.807, 2.05) is 55.2 Å². The fourth-order valence-electron chi connectivity index (χ4n) is 15.2. The molecular formula is C55H78N5O14PS. The van der Waals surface area contributed by atoms with Crippen LogP contribution in [0.25, 0.3) is 10.9 Å². The first-order valence-electron chi connectivity index (χ1n) is 27.1. The summed E-state index contributed by atoms with van der Waals surface area (Å²) < 4.78 is 53.9. The van der Waals surface area contributed by atoms with Crippen LogP contribution in [0.5, 0.6) is 0 Å². The molecule has 1 saturated carbocycles. The SMILES string of the molecule is CCOP(=O)(CCNC(=O)OCCSCN1C2=CC(OC)C([C@@]3(C(=O)OC)C[C@H]4CN(CCc5c3[nH]c3ccccc53)C[C@](O)(CC)C4)C=C2[C@@]23CCN4CC=C[C@@](CC)([C@@H](OC(C)=O)[C@](O)(C(=O)OC)[C@H]12)[C@H]43)OCC. The minimum Gasteiger partial charge on any atom is -0.468 e. The number of hydrogen-bond donors (Lipinski definition) is 4. The van der Waals surface area contributed by atoms with Crippen molar-refractivity contribution in [2.24, 2.45) is 22.7 Å². The number of piperidine rings is 1. The first-order valence-corrected chi connectivity index (χ1v) is 29.9. The Balaban J connectivity index is 1.19. The molecule has 2 bridgehead atoms. The van der Waals surface area contributed by atoms with Gasteiger partial charge in [0.15, 0.2) is 6.10 Å². The number of likely N-dealkylation sites (tertiary alicyclic amines) is 1. The lowest BCUT2D eigenvalue weighted by molar-refractivity contribution is -0.243. The predicted octanol–water partition coefficient (Wildman–Crippen LogP) is 5.69. The second-order valence-corrected chi connectivity index (χ2v) is 24.9. The van der Waals surface area contributed by atoms with Gasteiger partial charge in [-0.1, -0.05) is 50.3 Å². The summed E-state index contributed by atoms with van der Waals surface area (Å²) in [7, 11) is 0.892. The third kappa shape index (κ3) is 9.26. The van der Waals surface area contributed by atoms with Crippen LogP contribution in [0.1, 0.15) is 78.0 Å². The van der Waals surface area contributed by atoms with Crippen molar-refractivity contribution in [2.45, 2.75) is 114 Å². The van der Waals surface area contributed by atoms with Crippen LogP contribution in [0.4, 0.5) is 4.79 Å². The Kier molecular flexibility index (Phi) is 16.4. The van der Waals surface area contributed by atoms with Crippen molar-refractivity contribution in [3.8, 4) is 0 Å². The topological polar surface area (TPSA) is 228 Å². The van der Waals surface area contributed by atoms with Crippen molar-refractivity contribution in [3.05, 3.63) is 71.1 Å². The van der Waals surface area contributed by atoms with E-state index in [2.05, 4.69) is 32.2 Å². The highest BCUT2D eigenvalue weighted by Crippen LogP contribution is 2.71. The van der Waals surface area contributed by atoms with Crippen LogP contribution in [0.15, 0.2) is 59.8 Å². The second-order valence-electron chi connectivity index (χ2n) is 21.7. The van der Waals surface area contributed by atoms with E-state index in [0.29, 0.717) is 82.7 Å². The van der Waals surface area contributed by atoms with Crippen molar-refractivity contribution in [1.82, 2.24) is 25.0 Å². The Morgan fingerprint density at radius 3 is 2.38 bits per heavy atom. The summed E-state index contributed by atoms with van der Waals surface area (Å²) in [5.41, 5.74) is -2.82. The second kappa shape index (κ2) is 22.1. The number of ether oxygens (including phenoxy) is 5. The zero-order valence-electron chi connectivity index (χ0n) is 45.3. The Hall–Kier alpha value is -4.24. The number of methoxy groups -OCH3 is 3. The molecule has 21 heteroatoms. The Bertz CT molecular complexity index is 2670. The van der Waals surface area contributed by atoms with E-state index in [-0.39, 0.29) is 44.3 Å². The summed E-state index contributed by atoms with van der Waals surface area (Å²) in [4.78, 5) is 67.5. The number of esters is 3. The van der Waals surface area contributed by atoms with Crippen LogP contribution < -0.4 is 5.32 Å². The van der Waals surface area contributed by atoms with Gasteiger partial charge in [0.1, 0.15) is 12.0 Å². The predicted molar refractivity (Wildman–Crippen MR) is 285 cm³/mol. The Labute approximate surface area is 450 Å². The van der Waals surface area contributed by atoms with Crippen LogP contribution in [0.3, 0.4) is 0 Å². The standard InChI is InChI=1S/C55H78N5O14PS/c1-9-51(65)30-36-31-54(48(62)69-7,44-38(18-23-58(32-36)33-51)37-16-13-14-17-41(37)57-44)40-28-39-42(29-43(40)68-6)60(34-76-27-25-71-50(64)56-21-26-75(67,72-11-3)73-12-4)46-53(39)20-24-59-22-15-19-52(10-2,45(53)59)47(74-35(5)61)55(46,66)49(63)70-8/h13-17,19,28-29,36,40,43,45-47,57,65-66H,9-12,18,20-27,30-34H2,1-8H3,(H,56,64)/t36-,40?,43?,45-,46+,47+,51-,52+,53+,54-,55-/m0/s1. The molecule has 2 aromatic rings. The van der Waals surface area contributed by atoms with Gasteiger partial charge in [-0.3, -0.25) is 24.0 Å². The van der Waals surface area contributed by atoms with Gasteiger partial charge in [-0.15, -0.1) is 11.8 Å². The zero-order valence-corrected chi connectivity index (χ0v) is 47.0.